The summed E-state index contributed by atoms with van der Waals surface area (Å²) in [5.74, 6) is 5.91. The summed E-state index contributed by atoms with van der Waals surface area (Å²) in [5.41, 5.74) is 3.35. The molecule has 1 rings (SSSR count). The molecule has 0 amide bonds. The predicted molar refractivity (Wildman–Crippen MR) is 63.8 cm³/mol. The standard InChI is InChI=1S/C14H14/c1-4-7-12-9-10-14(8-5-2)13(6-3)11-12/h5-6,8-11H,3H2,1-2H3/b8-5-. The van der Waals surface area contributed by atoms with E-state index in [1.54, 1.807) is 0 Å². The summed E-state index contributed by atoms with van der Waals surface area (Å²) in [6.07, 6.45) is 5.95. The molecule has 0 bridgehead atoms. The molecule has 70 valence electrons. The summed E-state index contributed by atoms with van der Waals surface area (Å²) >= 11 is 0. The summed E-state index contributed by atoms with van der Waals surface area (Å²) in [6, 6.07) is 6.15. The van der Waals surface area contributed by atoms with Gasteiger partial charge in [0.25, 0.3) is 0 Å². The van der Waals surface area contributed by atoms with Gasteiger partial charge in [0.15, 0.2) is 0 Å². The molecule has 0 saturated carbocycles. The fraction of sp³-hybridized carbons (Fsp3) is 0.143. The molecule has 0 unspecified atom stereocenters. The minimum atomic E-state index is 1.04. The fourth-order valence-corrected chi connectivity index (χ4v) is 1.30. The lowest BCUT2D eigenvalue weighted by Gasteiger charge is -2.01. The van der Waals surface area contributed by atoms with Gasteiger partial charge in [0.1, 0.15) is 0 Å². The SMILES string of the molecule is C=Cc1cc(C#CC)ccc1/C=C\C. The highest BCUT2D eigenvalue weighted by molar-refractivity contribution is 5.66. The zero-order valence-corrected chi connectivity index (χ0v) is 8.67. The molecular formula is C14H14. The first-order valence-electron chi connectivity index (χ1n) is 4.63. The first-order chi connectivity index (χ1) is 6.81. The molecule has 0 heterocycles. The van der Waals surface area contributed by atoms with E-state index in [9.17, 15) is 0 Å². The molecule has 1 aromatic carbocycles. The minimum absolute atomic E-state index is 1.04. The Balaban J connectivity index is 3.22. The third-order valence-electron chi connectivity index (χ3n) is 1.92. The Morgan fingerprint density at radius 2 is 2.07 bits per heavy atom. The molecule has 14 heavy (non-hydrogen) atoms. The Bertz CT molecular complexity index is 411. The Kier molecular flexibility index (Phi) is 3.76. The van der Waals surface area contributed by atoms with Crippen LogP contribution in [0.5, 0.6) is 0 Å². The monoisotopic (exact) mass is 182 g/mol. The summed E-state index contributed by atoms with van der Waals surface area (Å²) in [7, 11) is 0. The van der Waals surface area contributed by atoms with Crippen LogP contribution in [0.4, 0.5) is 0 Å². The third-order valence-corrected chi connectivity index (χ3v) is 1.92. The molecular weight excluding hydrogens is 168 g/mol. The lowest BCUT2D eigenvalue weighted by molar-refractivity contribution is 1.56. The van der Waals surface area contributed by atoms with Gasteiger partial charge < -0.3 is 0 Å². The topological polar surface area (TPSA) is 0 Å². The predicted octanol–water partition coefficient (Wildman–Crippen LogP) is 3.73. The largest absolute Gasteiger partial charge is 0.101 e. The van der Waals surface area contributed by atoms with Crippen LogP contribution in [0.25, 0.3) is 12.2 Å². The van der Waals surface area contributed by atoms with Crippen LogP contribution in [-0.2, 0) is 0 Å². The Morgan fingerprint density at radius 3 is 2.64 bits per heavy atom. The quantitative estimate of drug-likeness (QED) is 0.611. The van der Waals surface area contributed by atoms with Crippen molar-refractivity contribution >= 4 is 12.2 Å². The van der Waals surface area contributed by atoms with Crippen molar-refractivity contribution in [1.29, 1.82) is 0 Å². The van der Waals surface area contributed by atoms with Crippen LogP contribution < -0.4 is 0 Å². The lowest BCUT2D eigenvalue weighted by Crippen LogP contribution is -1.82. The molecule has 0 heteroatoms. The van der Waals surface area contributed by atoms with E-state index >= 15 is 0 Å². The molecule has 0 spiro atoms. The number of rotatable bonds is 2. The maximum atomic E-state index is 3.79. The second-order valence-corrected chi connectivity index (χ2v) is 2.92. The van der Waals surface area contributed by atoms with Crippen LogP contribution in [0.2, 0.25) is 0 Å². The first-order valence-corrected chi connectivity index (χ1v) is 4.63. The van der Waals surface area contributed by atoms with Crippen molar-refractivity contribution in [1.82, 2.24) is 0 Å². The second-order valence-electron chi connectivity index (χ2n) is 2.92. The van der Waals surface area contributed by atoms with Crippen molar-refractivity contribution in [2.24, 2.45) is 0 Å². The van der Waals surface area contributed by atoms with Crippen LogP contribution in [-0.4, -0.2) is 0 Å². The molecule has 0 aliphatic carbocycles. The zero-order chi connectivity index (χ0) is 10.4. The molecule has 0 nitrogen and oxygen atoms in total. The molecule has 0 radical (unpaired) electrons. The lowest BCUT2D eigenvalue weighted by atomic mass is 10.0. The summed E-state index contributed by atoms with van der Waals surface area (Å²) < 4.78 is 0. The number of benzene rings is 1. The number of hydrogen-bond acceptors (Lipinski definition) is 0. The minimum Gasteiger partial charge on any atom is -0.101 e. The van der Waals surface area contributed by atoms with Gasteiger partial charge in [-0.1, -0.05) is 36.8 Å². The van der Waals surface area contributed by atoms with E-state index in [1.165, 1.54) is 5.56 Å². The van der Waals surface area contributed by atoms with E-state index in [4.69, 9.17) is 0 Å². The van der Waals surface area contributed by atoms with Gasteiger partial charge in [-0.05, 0) is 37.1 Å². The van der Waals surface area contributed by atoms with Crippen molar-refractivity contribution in [3.05, 3.63) is 47.5 Å². The van der Waals surface area contributed by atoms with Gasteiger partial charge in [-0.2, -0.15) is 0 Å². The van der Waals surface area contributed by atoms with Gasteiger partial charge in [-0.3, -0.25) is 0 Å². The van der Waals surface area contributed by atoms with Gasteiger partial charge in [-0.25, -0.2) is 0 Å². The Hall–Kier alpha value is -1.74. The number of allylic oxidation sites excluding steroid dienone is 1. The van der Waals surface area contributed by atoms with Gasteiger partial charge in [0.2, 0.25) is 0 Å². The van der Waals surface area contributed by atoms with Gasteiger partial charge in [-0.15, -0.1) is 5.92 Å². The normalized spacial score (nSPS) is 9.57. The first kappa shape index (κ1) is 10.3. The smallest absolute Gasteiger partial charge is 0.0251 e. The fourth-order valence-electron chi connectivity index (χ4n) is 1.30. The summed E-state index contributed by atoms with van der Waals surface area (Å²) in [4.78, 5) is 0. The van der Waals surface area contributed by atoms with Crippen molar-refractivity contribution in [3.8, 4) is 11.8 Å². The van der Waals surface area contributed by atoms with Crippen molar-refractivity contribution in [2.45, 2.75) is 13.8 Å². The highest BCUT2D eigenvalue weighted by atomic mass is 14.0. The average molecular weight is 182 g/mol. The molecule has 0 atom stereocenters. The van der Waals surface area contributed by atoms with Crippen LogP contribution in [0.15, 0.2) is 30.9 Å². The zero-order valence-electron chi connectivity index (χ0n) is 8.67. The Morgan fingerprint density at radius 1 is 1.29 bits per heavy atom. The van der Waals surface area contributed by atoms with E-state index in [-0.39, 0.29) is 0 Å². The van der Waals surface area contributed by atoms with Gasteiger partial charge >= 0.3 is 0 Å². The van der Waals surface area contributed by atoms with Crippen LogP contribution in [0.3, 0.4) is 0 Å². The van der Waals surface area contributed by atoms with E-state index in [0.29, 0.717) is 0 Å². The Labute approximate surface area is 86.0 Å². The third kappa shape index (κ3) is 2.37. The highest BCUT2D eigenvalue weighted by Gasteiger charge is 1.95. The summed E-state index contributed by atoms with van der Waals surface area (Å²) in [6.45, 7) is 7.64. The van der Waals surface area contributed by atoms with Crippen molar-refractivity contribution < 1.29 is 0 Å². The van der Waals surface area contributed by atoms with Crippen LogP contribution in [0.1, 0.15) is 30.5 Å². The molecule has 0 aliphatic rings. The van der Waals surface area contributed by atoms with E-state index in [2.05, 4.69) is 36.6 Å². The van der Waals surface area contributed by atoms with Crippen LogP contribution in [0, 0.1) is 11.8 Å². The van der Waals surface area contributed by atoms with E-state index in [1.807, 2.05) is 32.1 Å². The van der Waals surface area contributed by atoms with Crippen molar-refractivity contribution in [2.75, 3.05) is 0 Å². The molecule has 0 fully saturated rings. The number of hydrogen-bond donors (Lipinski definition) is 0. The van der Waals surface area contributed by atoms with E-state index in [0.717, 1.165) is 11.1 Å². The maximum absolute atomic E-state index is 3.79. The molecule has 1 aromatic rings. The average Bonchev–Trinajstić information content (AvgIpc) is 2.21. The highest BCUT2D eigenvalue weighted by Crippen LogP contribution is 2.14. The van der Waals surface area contributed by atoms with Crippen molar-refractivity contribution in [3.63, 3.8) is 0 Å². The molecule has 0 aromatic heterocycles. The van der Waals surface area contributed by atoms with Crippen LogP contribution >= 0.6 is 0 Å². The summed E-state index contributed by atoms with van der Waals surface area (Å²) in [5, 5.41) is 0. The molecule has 0 aliphatic heterocycles. The van der Waals surface area contributed by atoms with Gasteiger partial charge in [0, 0.05) is 5.56 Å². The molecule has 0 saturated heterocycles. The second kappa shape index (κ2) is 5.09. The molecule has 0 N–H and O–H groups in total. The van der Waals surface area contributed by atoms with E-state index < -0.39 is 0 Å². The van der Waals surface area contributed by atoms with Gasteiger partial charge in [0.05, 0.1) is 0 Å². The maximum Gasteiger partial charge on any atom is 0.0251 e.